The van der Waals surface area contributed by atoms with Crippen molar-refractivity contribution in [2.24, 2.45) is 4.99 Å². The van der Waals surface area contributed by atoms with Crippen LogP contribution in [0.1, 0.15) is 19.0 Å². The Balaban J connectivity index is 1.34. The molecule has 1 fully saturated rings. The molecule has 1 aliphatic rings. The van der Waals surface area contributed by atoms with Crippen molar-refractivity contribution in [3.8, 4) is 0 Å². The second-order valence-corrected chi connectivity index (χ2v) is 7.38. The van der Waals surface area contributed by atoms with Crippen LogP contribution in [0.15, 0.2) is 53.8 Å². The molecular formula is C22H26F2N6. The molecule has 158 valence electrons. The first-order valence-electron chi connectivity index (χ1n) is 10.3. The molecule has 0 spiro atoms. The van der Waals surface area contributed by atoms with Crippen LogP contribution in [0.25, 0.3) is 5.65 Å². The summed E-state index contributed by atoms with van der Waals surface area (Å²) in [4.78, 5) is 11.2. The van der Waals surface area contributed by atoms with Gasteiger partial charge in [-0.1, -0.05) is 6.07 Å². The van der Waals surface area contributed by atoms with Gasteiger partial charge in [-0.05, 0) is 37.6 Å². The van der Waals surface area contributed by atoms with Gasteiger partial charge in [0.1, 0.15) is 17.3 Å². The molecule has 0 bridgehead atoms. The Hall–Kier alpha value is -3.16. The quantitative estimate of drug-likeness (QED) is 0.483. The second-order valence-electron chi connectivity index (χ2n) is 7.38. The van der Waals surface area contributed by atoms with Gasteiger partial charge >= 0.3 is 0 Å². The highest BCUT2D eigenvalue weighted by Gasteiger charge is 2.25. The van der Waals surface area contributed by atoms with Crippen molar-refractivity contribution in [3.05, 3.63) is 66.1 Å². The van der Waals surface area contributed by atoms with Crippen LogP contribution < -0.4 is 15.5 Å². The standard InChI is InChI=1S/C22H26F2N6/c1-2-25-22(26-10-8-17-15-30-11-4-3-5-21(30)27-17)28-18-9-12-29(14-18)20-7-6-16(23)13-19(20)24/h3-7,11,13,15,18H,2,8-10,12,14H2,1H3,(H2,25,26,28). The summed E-state index contributed by atoms with van der Waals surface area (Å²) in [6, 6.07) is 9.80. The predicted octanol–water partition coefficient (Wildman–Crippen LogP) is 2.99. The number of benzene rings is 1. The topological polar surface area (TPSA) is 57.0 Å². The summed E-state index contributed by atoms with van der Waals surface area (Å²) in [5.74, 6) is -0.339. The number of nitrogens with one attached hydrogen (secondary N) is 2. The molecule has 0 aliphatic carbocycles. The number of rotatable bonds is 6. The minimum atomic E-state index is -0.558. The van der Waals surface area contributed by atoms with Gasteiger partial charge in [-0.2, -0.15) is 0 Å². The van der Waals surface area contributed by atoms with E-state index in [-0.39, 0.29) is 6.04 Å². The van der Waals surface area contributed by atoms with Gasteiger partial charge < -0.3 is 19.9 Å². The Kier molecular flexibility index (Phi) is 6.11. The Bertz CT molecular complexity index is 998. The molecule has 6 nitrogen and oxygen atoms in total. The average Bonchev–Trinajstić information content (AvgIpc) is 3.34. The van der Waals surface area contributed by atoms with Crippen molar-refractivity contribution >= 4 is 17.3 Å². The molecule has 2 aromatic heterocycles. The van der Waals surface area contributed by atoms with E-state index < -0.39 is 11.6 Å². The average molecular weight is 412 g/mol. The highest BCUT2D eigenvalue weighted by Crippen LogP contribution is 2.24. The summed E-state index contributed by atoms with van der Waals surface area (Å²) in [7, 11) is 0. The van der Waals surface area contributed by atoms with Gasteiger partial charge in [0, 0.05) is 57.1 Å². The number of imidazole rings is 1. The molecule has 4 rings (SSSR count). The van der Waals surface area contributed by atoms with E-state index in [4.69, 9.17) is 0 Å². The van der Waals surface area contributed by atoms with Gasteiger partial charge in [0.05, 0.1) is 11.4 Å². The zero-order valence-corrected chi connectivity index (χ0v) is 17.0. The van der Waals surface area contributed by atoms with Crippen molar-refractivity contribution in [2.75, 3.05) is 31.1 Å². The minimum absolute atomic E-state index is 0.141. The zero-order valence-electron chi connectivity index (χ0n) is 17.0. The fourth-order valence-electron chi connectivity index (χ4n) is 3.74. The highest BCUT2D eigenvalue weighted by molar-refractivity contribution is 5.80. The van der Waals surface area contributed by atoms with Gasteiger partial charge in [0.25, 0.3) is 0 Å². The van der Waals surface area contributed by atoms with Gasteiger partial charge in [0.15, 0.2) is 5.96 Å². The van der Waals surface area contributed by atoms with Gasteiger partial charge in [-0.3, -0.25) is 4.99 Å². The number of nitrogens with zero attached hydrogens (tertiary/aromatic N) is 4. The van der Waals surface area contributed by atoms with Crippen LogP contribution in [-0.2, 0) is 6.42 Å². The second kappa shape index (κ2) is 9.11. The van der Waals surface area contributed by atoms with Crippen molar-refractivity contribution in [2.45, 2.75) is 25.8 Å². The first-order valence-corrected chi connectivity index (χ1v) is 10.3. The van der Waals surface area contributed by atoms with Crippen LogP contribution in [0, 0.1) is 11.6 Å². The van der Waals surface area contributed by atoms with Crippen LogP contribution in [0.2, 0.25) is 0 Å². The fourth-order valence-corrected chi connectivity index (χ4v) is 3.74. The lowest BCUT2D eigenvalue weighted by atomic mass is 10.2. The summed E-state index contributed by atoms with van der Waals surface area (Å²) < 4.78 is 29.2. The Morgan fingerprint density at radius 2 is 2.17 bits per heavy atom. The number of hydrogen-bond donors (Lipinski definition) is 2. The van der Waals surface area contributed by atoms with E-state index in [0.29, 0.717) is 25.3 Å². The lowest BCUT2D eigenvalue weighted by Crippen LogP contribution is -2.44. The smallest absolute Gasteiger partial charge is 0.191 e. The monoisotopic (exact) mass is 412 g/mol. The molecule has 0 radical (unpaired) electrons. The van der Waals surface area contributed by atoms with E-state index in [1.54, 1.807) is 0 Å². The molecule has 30 heavy (non-hydrogen) atoms. The molecule has 1 aromatic carbocycles. The Labute approximate surface area is 174 Å². The van der Waals surface area contributed by atoms with E-state index in [0.717, 1.165) is 42.8 Å². The lowest BCUT2D eigenvalue weighted by molar-refractivity contribution is 0.580. The number of anilines is 1. The molecule has 3 heterocycles. The Morgan fingerprint density at radius 3 is 2.97 bits per heavy atom. The maximum absolute atomic E-state index is 14.1. The number of halogens is 2. The van der Waals surface area contributed by atoms with Gasteiger partial charge in [-0.25, -0.2) is 13.8 Å². The van der Waals surface area contributed by atoms with E-state index >= 15 is 0 Å². The first-order chi connectivity index (χ1) is 14.6. The molecule has 0 amide bonds. The van der Waals surface area contributed by atoms with Crippen molar-refractivity contribution < 1.29 is 8.78 Å². The zero-order chi connectivity index (χ0) is 20.9. The van der Waals surface area contributed by atoms with Crippen molar-refractivity contribution in [1.29, 1.82) is 0 Å². The molecule has 8 heteroatoms. The largest absolute Gasteiger partial charge is 0.367 e. The molecule has 1 atom stereocenters. The third-order valence-corrected chi connectivity index (χ3v) is 5.18. The van der Waals surface area contributed by atoms with Crippen LogP contribution in [-0.4, -0.2) is 47.6 Å². The minimum Gasteiger partial charge on any atom is -0.367 e. The van der Waals surface area contributed by atoms with Gasteiger partial charge in [-0.15, -0.1) is 0 Å². The maximum atomic E-state index is 14.1. The molecular weight excluding hydrogens is 386 g/mol. The number of pyridine rings is 1. The molecule has 1 aliphatic heterocycles. The normalized spacial score (nSPS) is 17.0. The number of fused-ring (bicyclic) bond motifs is 1. The summed E-state index contributed by atoms with van der Waals surface area (Å²) in [6.45, 7) is 4.74. The van der Waals surface area contributed by atoms with E-state index in [1.807, 2.05) is 46.8 Å². The summed E-state index contributed by atoms with van der Waals surface area (Å²) >= 11 is 0. The predicted molar refractivity (Wildman–Crippen MR) is 115 cm³/mol. The number of hydrogen-bond acceptors (Lipinski definition) is 3. The maximum Gasteiger partial charge on any atom is 0.191 e. The molecule has 2 N–H and O–H groups in total. The number of aromatic nitrogens is 2. The van der Waals surface area contributed by atoms with Crippen LogP contribution in [0.5, 0.6) is 0 Å². The van der Waals surface area contributed by atoms with Crippen molar-refractivity contribution in [1.82, 2.24) is 20.0 Å². The van der Waals surface area contributed by atoms with Crippen LogP contribution >= 0.6 is 0 Å². The van der Waals surface area contributed by atoms with E-state index in [2.05, 4.69) is 20.6 Å². The van der Waals surface area contributed by atoms with E-state index in [1.165, 1.54) is 12.1 Å². The lowest BCUT2D eigenvalue weighted by Gasteiger charge is -2.21. The molecule has 0 saturated carbocycles. The summed E-state index contributed by atoms with van der Waals surface area (Å²) in [5.41, 5.74) is 2.37. The first kappa shape index (κ1) is 20.1. The van der Waals surface area contributed by atoms with Crippen LogP contribution in [0.4, 0.5) is 14.5 Å². The third kappa shape index (κ3) is 4.69. The molecule has 1 unspecified atom stereocenters. The number of aliphatic imine (C=N–C) groups is 1. The SMILES string of the molecule is CCNC(=NCCc1cn2ccccc2n1)NC1CCN(c2ccc(F)cc2F)C1. The fraction of sp³-hybridized carbons (Fsp3) is 0.364. The number of guanidine groups is 1. The third-order valence-electron chi connectivity index (χ3n) is 5.18. The highest BCUT2D eigenvalue weighted by atomic mass is 19.1. The Morgan fingerprint density at radius 1 is 1.27 bits per heavy atom. The summed E-state index contributed by atoms with van der Waals surface area (Å²) in [6.07, 6.45) is 5.61. The van der Waals surface area contributed by atoms with Crippen molar-refractivity contribution in [3.63, 3.8) is 0 Å². The van der Waals surface area contributed by atoms with Gasteiger partial charge in [0.2, 0.25) is 0 Å². The van der Waals surface area contributed by atoms with Crippen LogP contribution in [0.3, 0.4) is 0 Å². The summed E-state index contributed by atoms with van der Waals surface area (Å²) in [5, 5.41) is 6.70. The van der Waals surface area contributed by atoms with E-state index in [9.17, 15) is 8.78 Å². The molecule has 3 aromatic rings. The molecule has 1 saturated heterocycles.